The fourth-order valence-corrected chi connectivity index (χ4v) is 2.43. The Labute approximate surface area is 136 Å². The van der Waals surface area contributed by atoms with Crippen molar-refractivity contribution in [1.29, 1.82) is 0 Å². The molecule has 5 nitrogen and oxygen atoms in total. The Hall–Kier alpha value is -2.34. The Bertz CT molecular complexity index is 824. The van der Waals surface area contributed by atoms with Gasteiger partial charge in [0.25, 0.3) is 0 Å². The van der Waals surface area contributed by atoms with E-state index in [0.717, 1.165) is 10.9 Å². The molecule has 0 spiro atoms. The molecule has 1 aromatic carbocycles. The summed E-state index contributed by atoms with van der Waals surface area (Å²) in [5, 5.41) is 0.830. The molecule has 0 aliphatic rings. The van der Waals surface area contributed by atoms with Crippen LogP contribution in [-0.2, 0) is 0 Å². The van der Waals surface area contributed by atoms with Gasteiger partial charge < -0.3 is 14.2 Å². The summed E-state index contributed by atoms with van der Waals surface area (Å²) in [6.07, 6.45) is 3.38. The highest BCUT2D eigenvalue weighted by Gasteiger charge is 2.12. The maximum absolute atomic E-state index is 5.95. The minimum atomic E-state index is 0.623. The second kappa shape index (κ2) is 6.19. The molecule has 2 aromatic heterocycles. The first-order valence-corrected chi connectivity index (χ1v) is 7.31. The van der Waals surface area contributed by atoms with Crippen LogP contribution in [0.2, 0.25) is 0 Å². The van der Waals surface area contributed by atoms with Crippen LogP contribution in [0.1, 0.15) is 0 Å². The second-order valence-corrected chi connectivity index (χ2v) is 5.18. The van der Waals surface area contributed by atoms with Crippen molar-refractivity contribution in [3.63, 3.8) is 0 Å². The third-order valence-electron chi connectivity index (χ3n) is 3.15. The van der Waals surface area contributed by atoms with Gasteiger partial charge in [-0.25, -0.2) is 4.98 Å². The normalized spacial score (nSPS) is 10.5. The standard InChI is InChI=1S/C16H13BrN2O3/c1-20-14-8-10-11(9-15(14)21-2)18-7-5-12(10)22-13-4-3-6-19-16(13)17/h3-9H,1-2H3. The molecule has 0 fully saturated rings. The molecule has 0 saturated carbocycles. The van der Waals surface area contributed by atoms with Crippen LogP contribution in [0, 0.1) is 0 Å². The van der Waals surface area contributed by atoms with E-state index in [4.69, 9.17) is 14.2 Å². The molecule has 0 amide bonds. The van der Waals surface area contributed by atoms with Crippen molar-refractivity contribution < 1.29 is 14.2 Å². The molecule has 0 aliphatic heterocycles. The average Bonchev–Trinajstić information content (AvgIpc) is 2.56. The molecule has 6 heteroatoms. The van der Waals surface area contributed by atoms with Crippen LogP contribution in [0.5, 0.6) is 23.0 Å². The van der Waals surface area contributed by atoms with E-state index < -0.39 is 0 Å². The lowest BCUT2D eigenvalue weighted by Gasteiger charge is -2.12. The molecule has 22 heavy (non-hydrogen) atoms. The van der Waals surface area contributed by atoms with Crippen molar-refractivity contribution in [1.82, 2.24) is 9.97 Å². The van der Waals surface area contributed by atoms with Gasteiger partial charge in [0.05, 0.1) is 19.7 Å². The predicted molar refractivity (Wildman–Crippen MR) is 86.9 cm³/mol. The monoisotopic (exact) mass is 360 g/mol. The fourth-order valence-electron chi connectivity index (χ4n) is 2.10. The molecule has 3 aromatic rings. The van der Waals surface area contributed by atoms with E-state index in [2.05, 4.69) is 25.9 Å². The van der Waals surface area contributed by atoms with Crippen molar-refractivity contribution in [2.75, 3.05) is 14.2 Å². The van der Waals surface area contributed by atoms with Crippen LogP contribution in [0.25, 0.3) is 10.9 Å². The zero-order valence-electron chi connectivity index (χ0n) is 12.0. The van der Waals surface area contributed by atoms with Crippen molar-refractivity contribution >= 4 is 26.8 Å². The number of halogens is 1. The van der Waals surface area contributed by atoms with Crippen LogP contribution >= 0.6 is 15.9 Å². The maximum atomic E-state index is 5.95. The van der Waals surface area contributed by atoms with Crippen molar-refractivity contribution in [3.8, 4) is 23.0 Å². The Morgan fingerprint density at radius 1 is 0.864 bits per heavy atom. The highest BCUT2D eigenvalue weighted by atomic mass is 79.9. The third kappa shape index (κ3) is 2.69. The first-order chi connectivity index (χ1) is 10.7. The van der Waals surface area contributed by atoms with Crippen molar-refractivity contribution in [3.05, 3.63) is 47.3 Å². The number of ether oxygens (including phenoxy) is 3. The SMILES string of the molecule is COc1cc2nccc(Oc3cccnc3Br)c2cc1OC. The number of rotatable bonds is 4. The highest BCUT2D eigenvalue weighted by Crippen LogP contribution is 2.37. The molecule has 0 atom stereocenters. The van der Waals surface area contributed by atoms with Crippen LogP contribution in [0.15, 0.2) is 47.3 Å². The maximum Gasteiger partial charge on any atom is 0.162 e. The average molecular weight is 361 g/mol. The van der Waals surface area contributed by atoms with Crippen LogP contribution in [-0.4, -0.2) is 24.2 Å². The minimum absolute atomic E-state index is 0.623. The van der Waals surface area contributed by atoms with E-state index in [1.54, 1.807) is 32.7 Å². The van der Waals surface area contributed by atoms with Gasteiger partial charge in [0.1, 0.15) is 10.4 Å². The van der Waals surface area contributed by atoms with Gasteiger partial charge in [-0.15, -0.1) is 0 Å². The Morgan fingerprint density at radius 3 is 2.36 bits per heavy atom. The third-order valence-corrected chi connectivity index (χ3v) is 3.75. The summed E-state index contributed by atoms with van der Waals surface area (Å²) in [4.78, 5) is 8.49. The van der Waals surface area contributed by atoms with Crippen LogP contribution in [0.4, 0.5) is 0 Å². The molecule has 3 rings (SSSR count). The summed E-state index contributed by atoms with van der Waals surface area (Å²) in [5.74, 6) is 2.55. The molecular formula is C16H13BrN2O3. The van der Waals surface area contributed by atoms with E-state index in [0.29, 0.717) is 27.6 Å². The summed E-state index contributed by atoms with van der Waals surface area (Å²) in [6, 6.07) is 9.12. The zero-order chi connectivity index (χ0) is 15.5. The molecule has 0 radical (unpaired) electrons. The predicted octanol–water partition coefficient (Wildman–Crippen LogP) is 4.20. The van der Waals surface area contributed by atoms with Gasteiger partial charge in [-0.3, -0.25) is 4.98 Å². The van der Waals surface area contributed by atoms with Crippen LogP contribution < -0.4 is 14.2 Å². The number of methoxy groups -OCH3 is 2. The summed E-state index contributed by atoms with van der Waals surface area (Å²) >= 11 is 3.37. The van der Waals surface area contributed by atoms with E-state index in [1.807, 2.05) is 24.3 Å². The van der Waals surface area contributed by atoms with Crippen molar-refractivity contribution in [2.45, 2.75) is 0 Å². The van der Waals surface area contributed by atoms with Gasteiger partial charge in [0.2, 0.25) is 0 Å². The molecule has 112 valence electrons. The molecule has 0 N–H and O–H groups in total. The summed E-state index contributed by atoms with van der Waals surface area (Å²) in [5.41, 5.74) is 0.759. The molecule has 0 unspecified atom stereocenters. The first-order valence-electron chi connectivity index (χ1n) is 6.52. The number of hydrogen-bond acceptors (Lipinski definition) is 5. The molecule has 2 heterocycles. The van der Waals surface area contributed by atoms with Gasteiger partial charge in [-0.1, -0.05) is 0 Å². The number of fused-ring (bicyclic) bond motifs is 1. The zero-order valence-corrected chi connectivity index (χ0v) is 13.6. The second-order valence-electron chi connectivity index (χ2n) is 4.43. The number of aromatic nitrogens is 2. The van der Waals surface area contributed by atoms with Crippen molar-refractivity contribution in [2.24, 2.45) is 0 Å². The lowest BCUT2D eigenvalue weighted by Crippen LogP contribution is -1.94. The summed E-state index contributed by atoms with van der Waals surface area (Å²) in [6.45, 7) is 0. The number of benzene rings is 1. The smallest absolute Gasteiger partial charge is 0.162 e. The van der Waals surface area contributed by atoms with Gasteiger partial charge >= 0.3 is 0 Å². The van der Waals surface area contributed by atoms with Gasteiger partial charge in [-0.2, -0.15) is 0 Å². The Kier molecular flexibility index (Phi) is 4.11. The van der Waals surface area contributed by atoms with E-state index >= 15 is 0 Å². The number of nitrogens with zero attached hydrogens (tertiary/aromatic N) is 2. The fraction of sp³-hybridized carbons (Fsp3) is 0.125. The molecule has 0 aliphatic carbocycles. The quantitative estimate of drug-likeness (QED) is 0.652. The van der Waals surface area contributed by atoms with Crippen LogP contribution in [0.3, 0.4) is 0 Å². The topological polar surface area (TPSA) is 53.5 Å². The Balaban J connectivity index is 2.12. The summed E-state index contributed by atoms with van der Waals surface area (Å²) in [7, 11) is 3.19. The number of hydrogen-bond donors (Lipinski definition) is 0. The van der Waals surface area contributed by atoms with Gasteiger partial charge in [0, 0.05) is 23.8 Å². The largest absolute Gasteiger partial charge is 0.493 e. The molecule has 0 bridgehead atoms. The molecular weight excluding hydrogens is 348 g/mol. The minimum Gasteiger partial charge on any atom is -0.493 e. The van der Waals surface area contributed by atoms with Gasteiger partial charge in [-0.05, 0) is 40.2 Å². The lowest BCUT2D eigenvalue weighted by molar-refractivity contribution is 0.355. The Morgan fingerprint density at radius 2 is 1.64 bits per heavy atom. The summed E-state index contributed by atoms with van der Waals surface area (Å²) < 4.78 is 17.2. The van der Waals surface area contributed by atoms with E-state index in [1.165, 1.54) is 0 Å². The first kappa shape index (κ1) is 14.6. The highest BCUT2D eigenvalue weighted by molar-refractivity contribution is 9.10. The van der Waals surface area contributed by atoms with Gasteiger partial charge in [0.15, 0.2) is 17.2 Å². The molecule has 0 saturated heterocycles. The lowest BCUT2D eigenvalue weighted by atomic mass is 10.2. The number of pyridine rings is 2. The van der Waals surface area contributed by atoms with E-state index in [9.17, 15) is 0 Å². The van der Waals surface area contributed by atoms with E-state index in [-0.39, 0.29) is 0 Å².